The van der Waals surface area contributed by atoms with E-state index in [4.69, 9.17) is 9.47 Å². The smallest absolute Gasteiger partial charge is 0.321 e. The number of rotatable bonds is 5. The maximum absolute atomic E-state index is 12.9. The Morgan fingerprint density at radius 1 is 1.10 bits per heavy atom. The normalized spacial score (nSPS) is 15.0. The second-order valence-corrected chi connectivity index (χ2v) is 8.57. The molecule has 2 heterocycles. The van der Waals surface area contributed by atoms with Gasteiger partial charge in [0.1, 0.15) is 13.2 Å². The van der Waals surface area contributed by atoms with Crippen molar-refractivity contribution in [3.05, 3.63) is 42.0 Å². The molecule has 9 heteroatoms. The lowest BCUT2D eigenvalue weighted by Crippen LogP contribution is -2.39. The largest absolute Gasteiger partial charge is 0.486 e. The first kappa shape index (κ1) is 19.4. The van der Waals surface area contributed by atoms with E-state index in [9.17, 15) is 13.2 Å². The summed E-state index contributed by atoms with van der Waals surface area (Å²) in [6.45, 7) is 4.03. The number of urea groups is 1. The number of nitrogens with zero attached hydrogens (tertiary/aromatic N) is 1. The Balaban J connectivity index is 1.53. The molecule has 0 aromatic heterocycles. The molecule has 154 valence electrons. The average molecular weight is 417 g/mol. The third-order valence-electron chi connectivity index (χ3n) is 4.82. The minimum absolute atomic E-state index is 0.155. The van der Waals surface area contributed by atoms with E-state index in [1.165, 1.54) is 6.07 Å². The van der Waals surface area contributed by atoms with Crippen molar-refractivity contribution in [2.24, 2.45) is 0 Å². The van der Waals surface area contributed by atoms with Gasteiger partial charge in [-0.05, 0) is 48.7 Å². The van der Waals surface area contributed by atoms with Crippen LogP contribution in [0.5, 0.6) is 11.5 Å². The molecule has 0 aliphatic carbocycles. The molecule has 4 rings (SSSR count). The highest BCUT2D eigenvalue weighted by Gasteiger charge is 2.26. The molecular formula is C20H23N3O5S. The summed E-state index contributed by atoms with van der Waals surface area (Å²) in [5, 5.41) is 2.85. The summed E-state index contributed by atoms with van der Waals surface area (Å²) in [6.07, 6.45) is 1.47. The number of anilines is 2. The van der Waals surface area contributed by atoms with E-state index >= 15 is 0 Å². The van der Waals surface area contributed by atoms with Crippen LogP contribution in [0.4, 0.5) is 16.2 Å². The maximum Gasteiger partial charge on any atom is 0.321 e. The Labute approximate surface area is 169 Å². The zero-order valence-electron chi connectivity index (χ0n) is 16.1. The average Bonchev–Trinajstić information content (AvgIpc) is 3.15. The summed E-state index contributed by atoms with van der Waals surface area (Å²) in [6, 6.07) is 9.61. The molecule has 8 nitrogen and oxygen atoms in total. The summed E-state index contributed by atoms with van der Waals surface area (Å²) in [5.41, 5.74) is 1.98. The van der Waals surface area contributed by atoms with Crippen LogP contribution in [0, 0.1) is 0 Å². The molecule has 2 aliphatic heterocycles. The fourth-order valence-electron chi connectivity index (χ4n) is 3.40. The maximum atomic E-state index is 12.9. The third-order valence-corrected chi connectivity index (χ3v) is 6.20. The van der Waals surface area contributed by atoms with Crippen molar-refractivity contribution in [2.75, 3.05) is 35.9 Å². The Morgan fingerprint density at radius 3 is 2.69 bits per heavy atom. The van der Waals surface area contributed by atoms with Crippen LogP contribution in [0.15, 0.2) is 41.3 Å². The van der Waals surface area contributed by atoms with Crippen LogP contribution in [0.3, 0.4) is 0 Å². The number of amides is 2. The molecule has 0 saturated heterocycles. The molecule has 29 heavy (non-hydrogen) atoms. The number of hydrogen-bond acceptors (Lipinski definition) is 5. The van der Waals surface area contributed by atoms with Crippen molar-refractivity contribution in [1.82, 2.24) is 5.32 Å². The van der Waals surface area contributed by atoms with Gasteiger partial charge in [-0.1, -0.05) is 6.92 Å². The van der Waals surface area contributed by atoms with Gasteiger partial charge in [-0.15, -0.1) is 0 Å². The lowest BCUT2D eigenvalue weighted by Gasteiger charge is -2.19. The number of nitrogens with one attached hydrogen (secondary N) is 2. The molecule has 0 unspecified atom stereocenters. The fraction of sp³-hybridized carbons (Fsp3) is 0.350. The number of fused-ring (bicyclic) bond motifs is 2. The molecular weight excluding hydrogens is 394 g/mol. The first-order valence-electron chi connectivity index (χ1n) is 9.59. The predicted octanol–water partition coefficient (Wildman–Crippen LogP) is 2.74. The van der Waals surface area contributed by atoms with Crippen molar-refractivity contribution in [2.45, 2.75) is 24.7 Å². The van der Waals surface area contributed by atoms with E-state index in [2.05, 4.69) is 10.0 Å². The van der Waals surface area contributed by atoms with E-state index in [1.807, 2.05) is 6.92 Å². The quantitative estimate of drug-likeness (QED) is 0.780. The minimum atomic E-state index is -3.78. The van der Waals surface area contributed by atoms with Crippen LogP contribution >= 0.6 is 0 Å². The highest BCUT2D eigenvalue weighted by atomic mass is 32.2. The zero-order valence-corrected chi connectivity index (χ0v) is 16.9. The molecule has 0 radical (unpaired) electrons. The van der Waals surface area contributed by atoms with Crippen molar-refractivity contribution in [3.63, 3.8) is 0 Å². The van der Waals surface area contributed by atoms with Crippen LogP contribution in [0.25, 0.3) is 0 Å². The van der Waals surface area contributed by atoms with Crippen LogP contribution in [0.1, 0.15) is 18.9 Å². The van der Waals surface area contributed by atoms with Crippen LogP contribution in [0.2, 0.25) is 0 Å². The lowest BCUT2D eigenvalue weighted by molar-refractivity contribution is 0.171. The van der Waals surface area contributed by atoms with Gasteiger partial charge in [0, 0.05) is 24.8 Å². The van der Waals surface area contributed by atoms with Crippen LogP contribution in [-0.4, -0.2) is 40.8 Å². The van der Waals surface area contributed by atoms with Gasteiger partial charge in [0.2, 0.25) is 0 Å². The number of carbonyl (C=O) groups excluding carboxylic acids is 1. The van der Waals surface area contributed by atoms with E-state index in [0.717, 1.165) is 17.7 Å². The molecule has 0 spiro atoms. The SMILES string of the molecule is CCCNC(=O)N1CCc2cc(S(=O)(=O)Nc3ccc4c(c3)OCCO4)ccc21. The van der Waals surface area contributed by atoms with Gasteiger partial charge in [-0.3, -0.25) is 9.62 Å². The Morgan fingerprint density at radius 2 is 1.90 bits per heavy atom. The van der Waals surface area contributed by atoms with Crippen molar-refractivity contribution in [3.8, 4) is 11.5 Å². The van der Waals surface area contributed by atoms with Gasteiger partial charge in [-0.25, -0.2) is 13.2 Å². The Kier molecular flexibility index (Phi) is 5.23. The van der Waals surface area contributed by atoms with Crippen LogP contribution in [-0.2, 0) is 16.4 Å². The molecule has 2 amide bonds. The second-order valence-electron chi connectivity index (χ2n) is 6.89. The van der Waals surface area contributed by atoms with Crippen molar-refractivity contribution < 1.29 is 22.7 Å². The molecule has 2 aliphatic rings. The molecule has 0 atom stereocenters. The summed E-state index contributed by atoms with van der Waals surface area (Å²) >= 11 is 0. The van der Waals surface area contributed by atoms with Gasteiger partial charge >= 0.3 is 6.03 Å². The van der Waals surface area contributed by atoms with E-state index in [0.29, 0.717) is 49.9 Å². The summed E-state index contributed by atoms with van der Waals surface area (Å²) in [7, 11) is -3.78. The molecule has 0 saturated carbocycles. The number of carbonyl (C=O) groups is 1. The van der Waals surface area contributed by atoms with Crippen LogP contribution < -0.4 is 24.4 Å². The topological polar surface area (TPSA) is 97.0 Å². The van der Waals surface area contributed by atoms with E-state index in [1.54, 1.807) is 35.2 Å². The van der Waals surface area contributed by atoms with Gasteiger partial charge in [-0.2, -0.15) is 0 Å². The monoisotopic (exact) mass is 417 g/mol. The fourth-order valence-corrected chi connectivity index (χ4v) is 4.50. The second kappa shape index (κ2) is 7.82. The summed E-state index contributed by atoms with van der Waals surface area (Å²) in [5.74, 6) is 1.11. The molecule has 0 bridgehead atoms. The molecule has 2 aromatic rings. The number of sulfonamides is 1. The molecule has 0 fully saturated rings. The van der Waals surface area contributed by atoms with E-state index < -0.39 is 10.0 Å². The number of hydrogen-bond donors (Lipinski definition) is 2. The zero-order chi connectivity index (χ0) is 20.4. The minimum Gasteiger partial charge on any atom is -0.486 e. The third kappa shape index (κ3) is 3.95. The highest BCUT2D eigenvalue weighted by molar-refractivity contribution is 7.92. The molecule has 2 aromatic carbocycles. The Hall–Kier alpha value is -2.94. The standard InChI is InChI=1S/C20H23N3O5S/c1-2-8-21-20(24)23-9-7-14-12-16(4-5-17(14)23)29(25,26)22-15-3-6-18-19(13-15)28-11-10-27-18/h3-6,12-13,22H,2,7-11H2,1H3,(H,21,24). The lowest BCUT2D eigenvalue weighted by atomic mass is 10.2. The van der Waals surface area contributed by atoms with Crippen molar-refractivity contribution >= 4 is 27.4 Å². The first-order chi connectivity index (χ1) is 14.0. The van der Waals surface area contributed by atoms with Crippen molar-refractivity contribution in [1.29, 1.82) is 0 Å². The summed E-state index contributed by atoms with van der Waals surface area (Å²) < 4.78 is 39.2. The van der Waals surface area contributed by atoms with Gasteiger partial charge in [0.05, 0.1) is 10.6 Å². The van der Waals surface area contributed by atoms with E-state index in [-0.39, 0.29) is 10.9 Å². The predicted molar refractivity (Wildman–Crippen MR) is 109 cm³/mol. The Bertz CT molecular complexity index is 1040. The van der Waals surface area contributed by atoms with Gasteiger partial charge in [0.15, 0.2) is 11.5 Å². The highest BCUT2D eigenvalue weighted by Crippen LogP contribution is 2.34. The number of ether oxygens (including phenoxy) is 2. The number of benzene rings is 2. The van der Waals surface area contributed by atoms with Gasteiger partial charge < -0.3 is 14.8 Å². The van der Waals surface area contributed by atoms with Gasteiger partial charge in [0.25, 0.3) is 10.0 Å². The molecule has 2 N–H and O–H groups in total. The first-order valence-corrected chi connectivity index (χ1v) is 11.1. The summed E-state index contributed by atoms with van der Waals surface area (Å²) in [4.78, 5) is 14.1.